The third kappa shape index (κ3) is 3.00. The molecule has 0 aliphatic carbocycles. The van der Waals surface area contributed by atoms with Crippen LogP contribution in [0, 0.1) is 3.57 Å². The summed E-state index contributed by atoms with van der Waals surface area (Å²) in [5.74, 6) is 0. The van der Waals surface area contributed by atoms with Crippen LogP contribution in [0.15, 0.2) is 66.7 Å². The average Bonchev–Trinajstić information content (AvgIpc) is 2.48. The summed E-state index contributed by atoms with van der Waals surface area (Å²) in [6, 6.07) is 24.3. The van der Waals surface area contributed by atoms with Gasteiger partial charge in [-0.3, -0.25) is 0 Å². The monoisotopic (exact) mass is 714 g/mol. The van der Waals surface area contributed by atoms with Gasteiger partial charge in [0.15, 0.2) is 0 Å². The first-order chi connectivity index (χ1) is 9.60. The fraction of sp³-hybridized carbons (Fsp3) is 0. The quantitative estimate of drug-likeness (QED) is 0.263. The predicted octanol–water partition coefficient (Wildman–Crippen LogP) is 4.87. The van der Waals surface area contributed by atoms with E-state index < -0.39 is 10.3 Å². The van der Waals surface area contributed by atoms with Gasteiger partial charge in [0.2, 0.25) is 0 Å². The molecule has 0 radical (unpaired) electrons. The van der Waals surface area contributed by atoms with Gasteiger partial charge in [-0.1, -0.05) is 0 Å². The molecule has 3 aromatic carbocycles. The van der Waals surface area contributed by atoms with E-state index in [-0.39, 0.29) is 0 Å². The van der Waals surface area contributed by atoms with Crippen LogP contribution in [-0.2, 0) is 0 Å². The van der Waals surface area contributed by atoms with Crippen molar-refractivity contribution in [2.75, 3.05) is 0 Å². The van der Waals surface area contributed by atoms with Gasteiger partial charge in [-0.2, -0.15) is 0 Å². The number of hydrogen-bond acceptors (Lipinski definition) is 0. The first-order valence-electron chi connectivity index (χ1n) is 6.05. The molecule has 0 amide bonds. The Morgan fingerprint density at radius 2 is 1.35 bits per heavy atom. The van der Waals surface area contributed by atoms with Crippen molar-refractivity contribution in [1.29, 1.82) is 0 Å². The Balaban J connectivity index is 2.30. The summed E-state index contributed by atoms with van der Waals surface area (Å²) in [6.45, 7) is 0. The second-order valence-corrected chi connectivity index (χ2v) is 39.8. The van der Waals surface area contributed by atoms with Gasteiger partial charge in [0.25, 0.3) is 0 Å². The van der Waals surface area contributed by atoms with Crippen LogP contribution in [0.4, 0.5) is 0 Å². The fourth-order valence-electron chi connectivity index (χ4n) is 2.19. The molecule has 0 aromatic heterocycles. The Hall–Kier alpha value is 0.900. The molecule has 3 aromatic rings. The minimum absolute atomic E-state index is 1.36. The Morgan fingerprint density at radius 3 is 2.05 bits per heavy atom. The molecule has 20 heavy (non-hydrogen) atoms. The van der Waals surface area contributed by atoms with E-state index in [1.54, 1.807) is 3.61 Å². The summed E-state index contributed by atoms with van der Waals surface area (Å²) in [4.78, 5) is 0. The maximum atomic E-state index is 2.75. The maximum absolute atomic E-state index is 2.75. The minimum atomic E-state index is -2.33. The number of halogens is 3. The van der Waals surface area contributed by atoms with E-state index in [9.17, 15) is 0 Å². The molecule has 4 heteroatoms. The standard InChI is InChI=1S/C16H11I3Te/c17-14-10-4-6-12-7-5-11-15(16(12)14)20(18,19)13-8-2-1-3-9-13/h1-11H. The van der Waals surface area contributed by atoms with Crippen molar-refractivity contribution >= 4 is 88.3 Å². The van der Waals surface area contributed by atoms with Crippen LogP contribution in [0.3, 0.4) is 0 Å². The van der Waals surface area contributed by atoms with Crippen molar-refractivity contribution in [2.45, 2.75) is 0 Å². The van der Waals surface area contributed by atoms with Gasteiger partial charge < -0.3 is 0 Å². The second kappa shape index (κ2) is 6.57. The van der Waals surface area contributed by atoms with Gasteiger partial charge in [-0.15, -0.1) is 0 Å². The number of fused-ring (bicyclic) bond motifs is 1. The van der Waals surface area contributed by atoms with E-state index in [0.29, 0.717) is 0 Å². The first kappa shape index (κ1) is 15.8. The number of benzene rings is 3. The van der Waals surface area contributed by atoms with Crippen LogP contribution in [-0.4, -0.2) is 10.3 Å². The SMILES string of the molecule is Ic1cccc2cccc([Te](I)(I)c3ccccc3)c12. The molecule has 0 atom stereocenters. The van der Waals surface area contributed by atoms with Gasteiger partial charge in [-0.25, -0.2) is 0 Å². The molecule has 0 aliphatic rings. The molecule has 0 spiro atoms. The van der Waals surface area contributed by atoms with E-state index in [4.69, 9.17) is 0 Å². The molecule has 0 fully saturated rings. The molecule has 102 valence electrons. The Bertz CT molecular complexity index is 749. The summed E-state index contributed by atoms with van der Waals surface area (Å²) in [7, 11) is -2.33. The fourth-order valence-corrected chi connectivity index (χ4v) is 16.7. The van der Waals surface area contributed by atoms with Crippen molar-refractivity contribution in [3.05, 3.63) is 70.3 Å². The van der Waals surface area contributed by atoms with Crippen LogP contribution in [0.2, 0.25) is 0 Å². The Kier molecular flexibility index (Phi) is 5.18. The molecular formula is C16H11I3Te. The van der Waals surface area contributed by atoms with E-state index in [0.717, 1.165) is 0 Å². The van der Waals surface area contributed by atoms with Crippen LogP contribution in [0.25, 0.3) is 10.8 Å². The zero-order valence-corrected chi connectivity index (χ0v) is 19.2. The molecular weight excluding hydrogens is 700 g/mol. The van der Waals surface area contributed by atoms with Crippen molar-refractivity contribution in [2.24, 2.45) is 0 Å². The van der Waals surface area contributed by atoms with Gasteiger partial charge in [0, 0.05) is 0 Å². The third-order valence-electron chi connectivity index (χ3n) is 3.13. The molecule has 0 heterocycles. The Morgan fingerprint density at radius 1 is 0.700 bits per heavy atom. The first-order valence-corrected chi connectivity index (χ1v) is 23.0. The summed E-state index contributed by atoms with van der Waals surface area (Å²) in [6.07, 6.45) is 0. The summed E-state index contributed by atoms with van der Waals surface area (Å²) in [5.41, 5.74) is 0. The van der Waals surface area contributed by atoms with Gasteiger partial charge in [0.1, 0.15) is 0 Å². The number of rotatable bonds is 2. The van der Waals surface area contributed by atoms with Crippen LogP contribution < -0.4 is 7.22 Å². The molecule has 0 N–H and O–H groups in total. The number of hydrogen-bond donors (Lipinski definition) is 0. The summed E-state index contributed by atoms with van der Waals surface area (Å²) < 4.78 is 4.43. The predicted molar refractivity (Wildman–Crippen MR) is 116 cm³/mol. The summed E-state index contributed by atoms with van der Waals surface area (Å²) in [5, 5.41) is 2.80. The van der Waals surface area contributed by atoms with Crippen LogP contribution >= 0.6 is 60.0 Å². The molecule has 0 unspecified atom stereocenters. The van der Waals surface area contributed by atoms with Crippen molar-refractivity contribution in [3.63, 3.8) is 0 Å². The molecule has 0 bridgehead atoms. The van der Waals surface area contributed by atoms with Crippen molar-refractivity contribution in [1.82, 2.24) is 0 Å². The van der Waals surface area contributed by atoms with Crippen molar-refractivity contribution in [3.8, 4) is 0 Å². The average molecular weight is 712 g/mol. The van der Waals surface area contributed by atoms with Gasteiger partial charge in [-0.05, 0) is 0 Å². The topological polar surface area (TPSA) is 0 Å². The van der Waals surface area contributed by atoms with E-state index in [1.165, 1.54) is 18.0 Å². The molecule has 0 nitrogen and oxygen atoms in total. The normalized spacial score (nSPS) is 12.6. The van der Waals surface area contributed by atoms with Crippen LogP contribution in [0.1, 0.15) is 0 Å². The van der Waals surface area contributed by atoms with Gasteiger partial charge >= 0.3 is 159 Å². The van der Waals surface area contributed by atoms with Crippen LogP contribution in [0.5, 0.6) is 0 Å². The summed E-state index contributed by atoms with van der Waals surface area (Å²) >= 11 is 7.96. The molecule has 0 saturated heterocycles. The third-order valence-corrected chi connectivity index (χ3v) is 22.2. The van der Waals surface area contributed by atoms with E-state index >= 15 is 0 Å². The van der Waals surface area contributed by atoms with E-state index in [1.807, 2.05) is 0 Å². The zero-order chi connectivity index (χ0) is 14.2. The molecule has 0 saturated carbocycles. The van der Waals surface area contributed by atoms with Crippen molar-refractivity contribution < 1.29 is 0 Å². The second-order valence-electron chi connectivity index (χ2n) is 4.38. The zero-order valence-electron chi connectivity index (χ0n) is 10.4. The molecule has 3 rings (SSSR count). The Labute approximate surface area is 156 Å². The van der Waals surface area contributed by atoms with Gasteiger partial charge in [0.05, 0.1) is 0 Å². The van der Waals surface area contributed by atoms with E-state index in [2.05, 4.69) is 127 Å². The molecule has 0 aliphatic heterocycles.